The summed E-state index contributed by atoms with van der Waals surface area (Å²) in [4.78, 5) is 2.36. The Bertz CT molecular complexity index is 383. The van der Waals surface area contributed by atoms with Crippen molar-refractivity contribution in [2.24, 2.45) is 0 Å². The van der Waals surface area contributed by atoms with Crippen LogP contribution in [0.5, 0.6) is 0 Å². The molecule has 2 atom stereocenters. The van der Waals surface area contributed by atoms with Crippen molar-refractivity contribution in [2.75, 3.05) is 32.7 Å². The highest BCUT2D eigenvalue weighted by atomic mass is 32.2. The van der Waals surface area contributed by atoms with Crippen LogP contribution in [0, 0.1) is 0 Å². The third-order valence-electron chi connectivity index (χ3n) is 4.11. The number of rotatable bonds is 2. The van der Waals surface area contributed by atoms with Gasteiger partial charge >= 0.3 is 0 Å². The molecule has 0 aromatic rings. The van der Waals surface area contributed by atoms with Crippen LogP contribution in [0.1, 0.15) is 27.2 Å². The van der Waals surface area contributed by atoms with Gasteiger partial charge in [0.25, 0.3) is 0 Å². The first-order valence-corrected chi connectivity index (χ1v) is 8.38. The second-order valence-electron chi connectivity index (χ2n) is 5.70. The number of nitrogens with one attached hydrogen (secondary N) is 1. The molecule has 0 radical (unpaired) electrons. The van der Waals surface area contributed by atoms with E-state index in [0.717, 1.165) is 26.1 Å². The molecule has 2 heterocycles. The Morgan fingerprint density at radius 1 is 1.28 bits per heavy atom. The lowest BCUT2D eigenvalue weighted by Gasteiger charge is -2.29. The van der Waals surface area contributed by atoms with Gasteiger partial charge in [0, 0.05) is 44.8 Å². The largest absolute Gasteiger partial charge is 0.314 e. The summed E-state index contributed by atoms with van der Waals surface area (Å²) in [5.41, 5.74) is 0. The Morgan fingerprint density at radius 3 is 2.61 bits per heavy atom. The zero-order valence-electron chi connectivity index (χ0n) is 11.6. The summed E-state index contributed by atoms with van der Waals surface area (Å²) in [5, 5.41) is 2.89. The fourth-order valence-corrected chi connectivity index (χ4v) is 4.54. The van der Waals surface area contributed by atoms with E-state index in [0.29, 0.717) is 19.1 Å². The van der Waals surface area contributed by atoms with Crippen LogP contribution in [-0.2, 0) is 10.0 Å². The van der Waals surface area contributed by atoms with Gasteiger partial charge in [0.1, 0.15) is 0 Å². The van der Waals surface area contributed by atoms with Crippen molar-refractivity contribution >= 4 is 10.0 Å². The Hall–Kier alpha value is -0.170. The molecule has 2 aliphatic rings. The lowest BCUT2D eigenvalue weighted by molar-refractivity contribution is 0.248. The topological polar surface area (TPSA) is 52.6 Å². The molecule has 0 bridgehead atoms. The van der Waals surface area contributed by atoms with E-state index in [2.05, 4.69) is 24.1 Å². The van der Waals surface area contributed by atoms with Crippen LogP contribution in [0.15, 0.2) is 0 Å². The van der Waals surface area contributed by atoms with Gasteiger partial charge in [-0.2, -0.15) is 4.31 Å². The van der Waals surface area contributed by atoms with Crippen LogP contribution >= 0.6 is 0 Å². The van der Waals surface area contributed by atoms with Crippen LogP contribution in [-0.4, -0.2) is 67.7 Å². The van der Waals surface area contributed by atoms with E-state index >= 15 is 0 Å². The van der Waals surface area contributed by atoms with Gasteiger partial charge in [-0.15, -0.1) is 0 Å². The maximum Gasteiger partial charge on any atom is 0.218 e. The summed E-state index contributed by atoms with van der Waals surface area (Å²) < 4.78 is 26.7. The summed E-state index contributed by atoms with van der Waals surface area (Å²) >= 11 is 0. The Morgan fingerprint density at radius 2 is 2.00 bits per heavy atom. The molecule has 0 aliphatic carbocycles. The Kier molecular flexibility index (Phi) is 4.31. The molecule has 2 fully saturated rings. The summed E-state index contributed by atoms with van der Waals surface area (Å²) in [6.45, 7) is 9.98. The minimum atomic E-state index is -3.13. The summed E-state index contributed by atoms with van der Waals surface area (Å²) in [5.74, 6) is 0. The van der Waals surface area contributed by atoms with Crippen molar-refractivity contribution in [2.45, 2.75) is 44.5 Å². The molecule has 2 saturated heterocycles. The number of hydrogen-bond acceptors (Lipinski definition) is 4. The number of nitrogens with zero attached hydrogens (tertiary/aromatic N) is 2. The maximum atomic E-state index is 12.5. The van der Waals surface area contributed by atoms with Crippen molar-refractivity contribution in [3.63, 3.8) is 0 Å². The fraction of sp³-hybridized carbons (Fsp3) is 1.00. The quantitative estimate of drug-likeness (QED) is 0.776. The minimum absolute atomic E-state index is 0.166. The van der Waals surface area contributed by atoms with Gasteiger partial charge in [0.15, 0.2) is 0 Å². The number of hydrogen-bond donors (Lipinski definition) is 1. The van der Waals surface area contributed by atoms with Gasteiger partial charge in [-0.1, -0.05) is 0 Å². The third-order valence-corrected chi connectivity index (χ3v) is 6.43. The van der Waals surface area contributed by atoms with Gasteiger partial charge in [0.2, 0.25) is 10.0 Å². The molecule has 106 valence electrons. The van der Waals surface area contributed by atoms with E-state index < -0.39 is 10.0 Å². The lowest BCUT2D eigenvalue weighted by atomic mass is 10.2. The van der Waals surface area contributed by atoms with Crippen molar-refractivity contribution in [1.29, 1.82) is 0 Å². The second kappa shape index (κ2) is 5.45. The molecule has 6 heteroatoms. The fourth-order valence-electron chi connectivity index (χ4n) is 2.82. The lowest BCUT2D eigenvalue weighted by Crippen LogP contribution is -2.46. The SMILES string of the molecule is CC(C)N1CCC(N2CCNCC(C)S2(=O)=O)C1. The van der Waals surface area contributed by atoms with Gasteiger partial charge in [0.05, 0.1) is 5.25 Å². The monoisotopic (exact) mass is 275 g/mol. The highest BCUT2D eigenvalue weighted by Gasteiger charge is 2.38. The van der Waals surface area contributed by atoms with Crippen molar-refractivity contribution in [3.8, 4) is 0 Å². The van der Waals surface area contributed by atoms with E-state index in [1.54, 1.807) is 11.2 Å². The molecule has 0 saturated carbocycles. The van der Waals surface area contributed by atoms with Crippen molar-refractivity contribution in [1.82, 2.24) is 14.5 Å². The Balaban J connectivity index is 2.12. The molecule has 2 unspecified atom stereocenters. The summed E-state index contributed by atoms with van der Waals surface area (Å²) in [6.07, 6.45) is 0.962. The van der Waals surface area contributed by atoms with Crippen molar-refractivity contribution < 1.29 is 8.42 Å². The molecule has 2 aliphatic heterocycles. The molecular weight excluding hydrogens is 250 g/mol. The molecule has 18 heavy (non-hydrogen) atoms. The summed E-state index contributed by atoms with van der Waals surface area (Å²) in [7, 11) is -3.13. The Labute approximate surface area is 111 Å². The van der Waals surface area contributed by atoms with Gasteiger partial charge < -0.3 is 5.32 Å². The highest BCUT2D eigenvalue weighted by Crippen LogP contribution is 2.23. The standard InChI is InChI=1S/C12H25N3O2S/c1-10(2)14-6-4-12(9-14)15-7-5-13-8-11(3)18(15,16)17/h10-13H,4-9H2,1-3H3. The predicted molar refractivity (Wildman–Crippen MR) is 73.1 cm³/mol. The van der Waals surface area contributed by atoms with Crippen LogP contribution in [0.3, 0.4) is 0 Å². The summed E-state index contributed by atoms with van der Waals surface area (Å²) in [6, 6.07) is 0.667. The van der Waals surface area contributed by atoms with Crippen LogP contribution in [0.2, 0.25) is 0 Å². The molecule has 0 aromatic carbocycles. The zero-order chi connectivity index (χ0) is 13.3. The average Bonchev–Trinajstić information content (AvgIpc) is 2.72. The molecule has 5 nitrogen and oxygen atoms in total. The molecular formula is C12H25N3O2S. The third kappa shape index (κ3) is 2.71. The maximum absolute atomic E-state index is 12.5. The van der Waals surface area contributed by atoms with E-state index in [9.17, 15) is 8.42 Å². The molecule has 0 spiro atoms. The normalized spacial score (nSPS) is 34.9. The number of sulfonamides is 1. The van der Waals surface area contributed by atoms with Gasteiger partial charge in [-0.25, -0.2) is 8.42 Å². The van der Waals surface area contributed by atoms with Crippen LogP contribution in [0.4, 0.5) is 0 Å². The molecule has 0 amide bonds. The van der Waals surface area contributed by atoms with E-state index in [1.165, 1.54) is 0 Å². The first kappa shape index (κ1) is 14.2. The van der Waals surface area contributed by atoms with Gasteiger partial charge in [-0.05, 0) is 27.2 Å². The van der Waals surface area contributed by atoms with E-state index in [1.807, 2.05) is 0 Å². The average molecular weight is 275 g/mol. The zero-order valence-corrected chi connectivity index (χ0v) is 12.4. The second-order valence-corrected chi connectivity index (χ2v) is 8.01. The van der Waals surface area contributed by atoms with E-state index in [4.69, 9.17) is 0 Å². The van der Waals surface area contributed by atoms with Crippen molar-refractivity contribution in [3.05, 3.63) is 0 Å². The highest BCUT2D eigenvalue weighted by molar-refractivity contribution is 7.89. The predicted octanol–water partition coefficient (Wildman–Crippen LogP) is 0.0926. The smallest absolute Gasteiger partial charge is 0.218 e. The first-order valence-electron chi connectivity index (χ1n) is 6.88. The number of likely N-dealkylation sites (tertiary alicyclic amines) is 1. The van der Waals surface area contributed by atoms with Crippen LogP contribution < -0.4 is 5.32 Å². The van der Waals surface area contributed by atoms with Gasteiger partial charge in [-0.3, -0.25) is 4.90 Å². The molecule has 1 N–H and O–H groups in total. The molecule has 2 rings (SSSR count). The van der Waals surface area contributed by atoms with Crippen LogP contribution in [0.25, 0.3) is 0 Å². The molecule has 0 aromatic heterocycles. The minimum Gasteiger partial charge on any atom is -0.314 e. The first-order chi connectivity index (χ1) is 8.43. The van der Waals surface area contributed by atoms with E-state index in [-0.39, 0.29) is 11.3 Å².